The van der Waals surface area contributed by atoms with Gasteiger partial charge in [-0.1, -0.05) is 42.5 Å². The number of nitrogens with one attached hydrogen (secondary N) is 1. The van der Waals surface area contributed by atoms with Crippen molar-refractivity contribution in [2.24, 2.45) is 5.73 Å². The summed E-state index contributed by atoms with van der Waals surface area (Å²) in [5.41, 5.74) is 9.00. The normalized spacial score (nSPS) is 10.4. The van der Waals surface area contributed by atoms with Gasteiger partial charge in [-0.25, -0.2) is 0 Å². The van der Waals surface area contributed by atoms with Gasteiger partial charge >= 0.3 is 0 Å². The third kappa shape index (κ3) is 4.15. The summed E-state index contributed by atoms with van der Waals surface area (Å²) in [6.07, 6.45) is 0.684. The van der Waals surface area contributed by atoms with Crippen molar-refractivity contribution in [2.45, 2.75) is 19.6 Å². The SMILES string of the molecule is NCCc1ccccc1C(=O)NCc1cccc(CO)c1. The number of carbonyl (C=O) groups is 1. The lowest BCUT2D eigenvalue weighted by molar-refractivity contribution is 0.0950. The highest BCUT2D eigenvalue weighted by Crippen LogP contribution is 2.10. The molecule has 1 amide bonds. The van der Waals surface area contributed by atoms with Crippen molar-refractivity contribution in [1.82, 2.24) is 5.32 Å². The van der Waals surface area contributed by atoms with Crippen LogP contribution in [0, 0.1) is 0 Å². The Morgan fingerprint density at radius 2 is 1.86 bits per heavy atom. The summed E-state index contributed by atoms with van der Waals surface area (Å²) in [6.45, 7) is 0.952. The molecule has 0 aliphatic heterocycles. The van der Waals surface area contributed by atoms with E-state index in [-0.39, 0.29) is 12.5 Å². The summed E-state index contributed by atoms with van der Waals surface area (Å²) in [5.74, 6) is -0.103. The molecule has 2 aromatic rings. The van der Waals surface area contributed by atoms with Gasteiger partial charge in [-0.2, -0.15) is 0 Å². The first kappa shape index (κ1) is 15.2. The van der Waals surface area contributed by atoms with Crippen LogP contribution in [0.2, 0.25) is 0 Å². The van der Waals surface area contributed by atoms with Gasteiger partial charge in [-0.3, -0.25) is 4.79 Å². The number of carbonyl (C=O) groups excluding carboxylic acids is 1. The minimum Gasteiger partial charge on any atom is -0.392 e. The maximum atomic E-state index is 12.3. The van der Waals surface area contributed by atoms with E-state index in [1.165, 1.54) is 0 Å². The molecule has 110 valence electrons. The van der Waals surface area contributed by atoms with Crippen LogP contribution in [0.15, 0.2) is 48.5 Å². The summed E-state index contributed by atoms with van der Waals surface area (Å²) in [7, 11) is 0. The summed E-state index contributed by atoms with van der Waals surface area (Å²) in [5, 5.41) is 12.0. The molecular formula is C17H20N2O2. The first-order chi connectivity index (χ1) is 10.2. The maximum Gasteiger partial charge on any atom is 0.251 e. The molecular weight excluding hydrogens is 264 g/mol. The van der Waals surface area contributed by atoms with Crippen LogP contribution in [0.5, 0.6) is 0 Å². The molecule has 0 aliphatic rings. The van der Waals surface area contributed by atoms with E-state index in [1.807, 2.05) is 48.5 Å². The summed E-state index contributed by atoms with van der Waals surface area (Å²) in [6, 6.07) is 15.0. The van der Waals surface area contributed by atoms with Crippen LogP contribution in [0.25, 0.3) is 0 Å². The Bertz CT molecular complexity index is 611. The topological polar surface area (TPSA) is 75.4 Å². The molecule has 2 rings (SSSR count). The standard InChI is InChI=1S/C17H20N2O2/c18-9-8-15-6-1-2-7-16(15)17(21)19-11-13-4-3-5-14(10-13)12-20/h1-7,10,20H,8-9,11-12,18H2,(H,19,21). The molecule has 0 unspecified atom stereocenters. The monoisotopic (exact) mass is 284 g/mol. The van der Waals surface area contributed by atoms with Crippen molar-refractivity contribution in [3.8, 4) is 0 Å². The molecule has 4 nitrogen and oxygen atoms in total. The Hall–Kier alpha value is -2.17. The van der Waals surface area contributed by atoms with Gasteiger partial charge in [0.25, 0.3) is 5.91 Å². The van der Waals surface area contributed by atoms with Crippen molar-refractivity contribution in [1.29, 1.82) is 0 Å². The van der Waals surface area contributed by atoms with Crippen molar-refractivity contribution >= 4 is 5.91 Å². The van der Waals surface area contributed by atoms with Crippen LogP contribution in [0.4, 0.5) is 0 Å². The second-order valence-electron chi connectivity index (χ2n) is 4.86. The Labute approximate surface area is 124 Å². The zero-order valence-corrected chi connectivity index (χ0v) is 11.9. The predicted molar refractivity (Wildman–Crippen MR) is 82.7 cm³/mol. The minimum atomic E-state index is -0.103. The highest BCUT2D eigenvalue weighted by molar-refractivity contribution is 5.95. The van der Waals surface area contributed by atoms with E-state index in [9.17, 15) is 4.79 Å². The number of benzene rings is 2. The van der Waals surface area contributed by atoms with Crippen LogP contribution in [0.1, 0.15) is 27.0 Å². The van der Waals surface area contributed by atoms with Gasteiger partial charge in [0.1, 0.15) is 0 Å². The molecule has 0 bridgehead atoms. The number of amides is 1. The molecule has 0 radical (unpaired) electrons. The molecule has 0 atom stereocenters. The summed E-state index contributed by atoms with van der Waals surface area (Å²) < 4.78 is 0. The van der Waals surface area contributed by atoms with Gasteiger partial charge in [-0.05, 0) is 35.7 Å². The molecule has 0 aliphatic carbocycles. The minimum absolute atomic E-state index is 0.00111. The number of aliphatic hydroxyl groups excluding tert-OH is 1. The molecule has 0 saturated carbocycles. The van der Waals surface area contributed by atoms with Gasteiger partial charge in [0.2, 0.25) is 0 Å². The summed E-state index contributed by atoms with van der Waals surface area (Å²) in [4.78, 5) is 12.3. The smallest absolute Gasteiger partial charge is 0.251 e. The van der Waals surface area contributed by atoms with Crippen molar-refractivity contribution < 1.29 is 9.90 Å². The van der Waals surface area contributed by atoms with Gasteiger partial charge in [0, 0.05) is 12.1 Å². The van der Waals surface area contributed by atoms with E-state index in [4.69, 9.17) is 10.8 Å². The van der Waals surface area contributed by atoms with Crippen LogP contribution in [-0.4, -0.2) is 17.6 Å². The second kappa shape index (κ2) is 7.57. The predicted octanol–water partition coefficient (Wildman–Crippen LogP) is 1.61. The molecule has 0 aromatic heterocycles. The Morgan fingerprint density at radius 1 is 1.10 bits per heavy atom. The molecule has 0 saturated heterocycles. The third-order valence-electron chi connectivity index (χ3n) is 3.30. The van der Waals surface area contributed by atoms with Gasteiger partial charge < -0.3 is 16.2 Å². The van der Waals surface area contributed by atoms with Crippen LogP contribution in [0.3, 0.4) is 0 Å². The van der Waals surface area contributed by atoms with E-state index >= 15 is 0 Å². The van der Waals surface area contributed by atoms with Crippen molar-refractivity contribution in [3.05, 3.63) is 70.8 Å². The Balaban J connectivity index is 2.04. The van der Waals surface area contributed by atoms with Gasteiger partial charge in [-0.15, -0.1) is 0 Å². The highest BCUT2D eigenvalue weighted by Gasteiger charge is 2.09. The van der Waals surface area contributed by atoms with Gasteiger partial charge in [0.15, 0.2) is 0 Å². The number of aliphatic hydroxyl groups is 1. The molecule has 2 aromatic carbocycles. The fourth-order valence-corrected chi connectivity index (χ4v) is 2.23. The van der Waals surface area contributed by atoms with Gasteiger partial charge in [0.05, 0.1) is 6.61 Å². The van der Waals surface area contributed by atoms with E-state index in [0.717, 1.165) is 16.7 Å². The average molecular weight is 284 g/mol. The maximum absolute atomic E-state index is 12.3. The fraction of sp³-hybridized carbons (Fsp3) is 0.235. The molecule has 4 N–H and O–H groups in total. The van der Waals surface area contributed by atoms with E-state index in [1.54, 1.807) is 0 Å². The molecule has 0 heterocycles. The second-order valence-corrected chi connectivity index (χ2v) is 4.86. The molecule has 0 fully saturated rings. The lowest BCUT2D eigenvalue weighted by Crippen LogP contribution is -2.24. The number of hydrogen-bond donors (Lipinski definition) is 3. The van der Waals surface area contributed by atoms with Crippen molar-refractivity contribution in [3.63, 3.8) is 0 Å². The fourth-order valence-electron chi connectivity index (χ4n) is 2.23. The first-order valence-electron chi connectivity index (χ1n) is 6.99. The quantitative estimate of drug-likeness (QED) is 0.754. The summed E-state index contributed by atoms with van der Waals surface area (Å²) >= 11 is 0. The van der Waals surface area contributed by atoms with Crippen LogP contribution in [-0.2, 0) is 19.6 Å². The van der Waals surface area contributed by atoms with Crippen LogP contribution >= 0.6 is 0 Å². The van der Waals surface area contributed by atoms with E-state index in [2.05, 4.69) is 5.32 Å². The average Bonchev–Trinajstić information content (AvgIpc) is 2.53. The van der Waals surface area contributed by atoms with Crippen LogP contribution < -0.4 is 11.1 Å². The largest absolute Gasteiger partial charge is 0.392 e. The zero-order chi connectivity index (χ0) is 15.1. The van der Waals surface area contributed by atoms with E-state index in [0.29, 0.717) is 25.1 Å². The number of nitrogens with two attached hydrogens (primary N) is 1. The number of rotatable bonds is 6. The number of hydrogen-bond acceptors (Lipinski definition) is 3. The molecule has 4 heteroatoms. The van der Waals surface area contributed by atoms with E-state index < -0.39 is 0 Å². The first-order valence-corrected chi connectivity index (χ1v) is 6.99. The van der Waals surface area contributed by atoms with Crippen molar-refractivity contribution in [2.75, 3.05) is 6.54 Å². The molecule has 0 spiro atoms. The lowest BCUT2D eigenvalue weighted by Gasteiger charge is -2.10. The molecule has 21 heavy (non-hydrogen) atoms. The lowest BCUT2D eigenvalue weighted by atomic mass is 10.0. The Kier molecular flexibility index (Phi) is 5.49. The highest BCUT2D eigenvalue weighted by atomic mass is 16.3. The zero-order valence-electron chi connectivity index (χ0n) is 11.9. The third-order valence-corrected chi connectivity index (χ3v) is 3.30. The Morgan fingerprint density at radius 3 is 2.62 bits per heavy atom.